The Morgan fingerprint density at radius 1 is 1.20 bits per heavy atom. The quantitative estimate of drug-likeness (QED) is 0.710. The smallest absolute Gasteiger partial charge is 0.178 e. The molecule has 0 amide bonds. The Hall–Kier alpha value is -1.12. The minimum absolute atomic E-state index is 0.0843. The van der Waals surface area contributed by atoms with E-state index in [1.807, 2.05) is 0 Å². The van der Waals surface area contributed by atoms with Crippen LogP contribution >= 0.6 is 23.2 Å². The fourth-order valence-electron chi connectivity index (χ4n) is 1.47. The molecule has 1 heterocycles. The third-order valence-corrected chi connectivity index (χ3v) is 2.98. The zero-order valence-corrected chi connectivity index (χ0v) is 9.43. The molecule has 2 aromatic rings. The molecular formula is C11H7Cl2NO. The van der Waals surface area contributed by atoms with Crippen molar-refractivity contribution in [1.82, 2.24) is 4.98 Å². The van der Waals surface area contributed by atoms with Crippen molar-refractivity contribution in [3.63, 3.8) is 0 Å². The van der Waals surface area contributed by atoms with E-state index in [1.165, 1.54) is 6.92 Å². The number of fused-ring (bicyclic) bond motifs is 1. The second-order valence-corrected chi connectivity index (χ2v) is 3.96. The molecule has 0 unspecified atom stereocenters. The number of carbonyl (C=O) groups is 1. The van der Waals surface area contributed by atoms with Crippen molar-refractivity contribution in [3.05, 3.63) is 40.1 Å². The molecule has 0 saturated heterocycles. The molecule has 0 atom stereocenters. The summed E-state index contributed by atoms with van der Waals surface area (Å²) >= 11 is 11.9. The Morgan fingerprint density at radius 2 is 1.93 bits per heavy atom. The first-order valence-corrected chi connectivity index (χ1v) is 5.10. The highest BCUT2D eigenvalue weighted by Crippen LogP contribution is 2.31. The third kappa shape index (κ3) is 1.71. The summed E-state index contributed by atoms with van der Waals surface area (Å²) in [5.41, 5.74) is 0.422. The van der Waals surface area contributed by atoms with E-state index in [0.717, 1.165) is 10.8 Å². The second kappa shape index (κ2) is 3.80. The van der Waals surface area contributed by atoms with Gasteiger partial charge in [-0.05, 0) is 12.1 Å². The minimum atomic E-state index is -0.0843. The number of aromatic nitrogens is 1. The van der Waals surface area contributed by atoms with Crippen molar-refractivity contribution >= 4 is 39.8 Å². The van der Waals surface area contributed by atoms with Crippen molar-refractivity contribution in [2.45, 2.75) is 6.92 Å². The third-order valence-electron chi connectivity index (χ3n) is 2.17. The molecular weight excluding hydrogens is 233 g/mol. The number of ketones is 1. The summed E-state index contributed by atoms with van der Waals surface area (Å²) in [6.07, 6.45) is 1.56. The van der Waals surface area contributed by atoms with Gasteiger partial charge >= 0.3 is 0 Å². The average Bonchev–Trinajstić information content (AvgIpc) is 2.23. The normalized spacial score (nSPS) is 10.6. The number of pyridine rings is 1. The first kappa shape index (κ1) is 10.4. The lowest BCUT2D eigenvalue weighted by Gasteiger charge is -2.05. The summed E-state index contributed by atoms with van der Waals surface area (Å²) in [6.45, 7) is 1.48. The number of hydrogen-bond donors (Lipinski definition) is 0. The molecule has 76 valence electrons. The molecule has 0 aliphatic heterocycles. The largest absolute Gasteiger partial charge is 0.293 e. The molecule has 0 saturated carbocycles. The Labute approximate surface area is 96.8 Å². The van der Waals surface area contributed by atoms with Crippen LogP contribution in [0, 0.1) is 0 Å². The van der Waals surface area contributed by atoms with E-state index in [2.05, 4.69) is 4.98 Å². The average molecular weight is 240 g/mol. The minimum Gasteiger partial charge on any atom is -0.293 e. The van der Waals surface area contributed by atoms with E-state index in [4.69, 9.17) is 23.2 Å². The summed E-state index contributed by atoms with van der Waals surface area (Å²) in [4.78, 5) is 15.3. The lowest BCUT2D eigenvalue weighted by Crippen LogP contribution is -1.97. The molecule has 0 N–H and O–H groups in total. The van der Waals surface area contributed by atoms with Gasteiger partial charge in [-0.1, -0.05) is 29.3 Å². The van der Waals surface area contributed by atoms with Gasteiger partial charge in [0.2, 0.25) is 0 Å². The van der Waals surface area contributed by atoms with Gasteiger partial charge in [-0.2, -0.15) is 0 Å². The second-order valence-electron chi connectivity index (χ2n) is 3.17. The van der Waals surface area contributed by atoms with Crippen LogP contribution in [0.2, 0.25) is 10.0 Å². The van der Waals surface area contributed by atoms with E-state index >= 15 is 0 Å². The molecule has 0 aliphatic rings. The van der Waals surface area contributed by atoms with Crippen molar-refractivity contribution in [3.8, 4) is 0 Å². The molecule has 2 rings (SSSR count). The van der Waals surface area contributed by atoms with Gasteiger partial charge in [-0.25, -0.2) is 0 Å². The zero-order valence-electron chi connectivity index (χ0n) is 7.92. The number of hydrogen-bond acceptors (Lipinski definition) is 2. The van der Waals surface area contributed by atoms with Crippen LogP contribution in [0.3, 0.4) is 0 Å². The molecule has 1 aromatic heterocycles. The molecule has 0 spiro atoms. The van der Waals surface area contributed by atoms with Crippen molar-refractivity contribution in [2.75, 3.05) is 0 Å². The first-order valence-electron chi connectivity index (χ1n) is 4.35. The van der Waals surface area contributed by atoms with Gasteiger partial charge in [0, 0.05) is 23.9 Å². The Morgan fingerprint density at radius 3 is 2.60 bits per heavy atom. The van der Waals surface area contributed by atoms with Crippen LogP contribution in [0.4, 0.5) is 0 Å². The number of nitrogens with zero attached hydrogens (tertiary/aromatic N) is 1. The topological polar surface area (TPSA) is 30.0 Å². The summed E-state index contributed by atoms with van der Waals surface area (Å²) in [6, 6.07) is 5.17. The number of carbonyl (C=O) groups excluding carboxylic acids is 1. The van der Waals surface area contributed by atoms with E-state index < -0.39 is 0 Å². The Kier molecular flexibility index (Phi) is 2.63. The van der Waals surface area contributed by atoms with Crippen LogP contribution in [0.5, 0.6) is 0 Å². The van der Waals surface area contributed by atoms with Gasteiger partial charge < -0.3 is 0 Å². The highest BCUT2D eigenvalue weighted by atomic mass is 35.5. The predicted molar refractivity (Wildman–Crippen MR) is 61.8 cm³/mol. The van der Waals surface area contributed by atoms with E-state index in [-0.39, 0.29) is 5.78 Å². The lowest BCUT2D eigenvalue weighted by atomic mass is 10.1. The fraction of sp³-hybridized carbons (Fsp3) is 0.0909. The van der Waals surface area contributed by atoms with Gasteiger partial charge in [-0.15, -0.1) is 0 Å². The maximum atomic E-state index is 11.3. The molecule has 0 fully saturated rings. The Bertz CT molecular complexity index is 552. The molecule has 1 aromatic carbocycles. The van der Waals surface area contributed by atoms with Gasteiger partial charge in [0.05, 0.1) is 10.0 Å². The zero-order chi connectivity index (χ0) is 11.0. The molecule has 0 bridgehead atoms. The summed E-state index contributed by atoms with van der Waals surface area (Å²) < 4.78 is 0. The van der Waals surface area contributed by atoms with Gasteiger partial charge in [0.25, 0.3) is 0 Å². The SMILES string of the molecule is CC(=O)c1nccc2c(Cl)c(Cl)ccc12. The lowest BCUT2D eigenvalue weighted by molar-refractivity contribution is 0.101. The maximum absolute atomic E-state index is 11.3. The molecule has 0 radical (unpaired) electrons. The van der Waals surface area contributed by atoms with Crippen LogP contribution in [0.1, 0.15) is 17.4 Å². The summed E-state index contributed by atoms with van der Waals surface area (Å²) in [5.74, 6) is -0.0843. The highest BCUT2D eigenvalue weighted by Gasteiger charge is 2.10. The number of benzene rings is 1. The Balaban J connectivity index is 2.89. The van der Waals surface area contributed by atoms with Crippen LogP contribution in [-0.4, -0.2) is 10.8 Å². The highest BCUT2D eigenvalue weighted by molar-refractivity contribution is 6.45. The summed E-state index contributed by atoms with van der Waals surface area (Å²) in [7, 11) is 0. The van der Waals surface area contributed by atoms with Gasteiger partial charge in [0.1, 0.15) is 5.69 Å². The van der Waals surface area contributed by atoms with E-state index in [1.54, 1.807) is 24.4 Å². The fourth-order valence-corrected chi connectivity index (χ4v) is 1.86. The first-order chi connectivity index (χ1) is 7.11. The summed E-state index contributed by atoms with van der Waals surface area (Å²) in [5, 5.41) is 2.42. The van der Waals surface area contributed by atoms with Crippen molar-refractivity contribution < 1.29 is 4.79 Å². The van der Waals surface area contributed by atoms with Crippen LogP contribution in [0.15, 0.2) is 24.4 Å². The number of halogens is 2. The van der Waals surface area contributed by atoms with Crippen molar-refractivity contribution in [1.29, 1.82) is 0 Å². The van der Waals surface area contributed by atoms with Gasteiger partial charge in [0.15, 0.2) is 5.78 Å². The van der Waals surface area contributed by atoms with Crippen molar-refractivity contribution in [2.24, 2.45) is 0 Å². The van der Waals surface area contributed by atoms with Gasteiger partial charge in [-0.3, -0.25) is 9.78 Å². The van der Waals surface area contributed by atoms with E-state index in [9.17, 15) is 4.79 Å². The van der Waals surface area contributed by atoms with Crippen LogP contribution in [0.25, 0.3) is 10.8 Å². The molecule has 2 nitrogen and oxygen atoms in total. The maximum Gasteiger partial charge on any atom is 0.178 e. The monoisotopic (exact) mass is 239 g/mol. The van der Waals surface area contributed by atoms with Crippen LogP contribution < -0.4 is 0 Å². The standard InChI is InChI=1S/C11H7Cl2NO/c1-6(15)11-8-2-3-9(12)10(13)7(8)4-5-14-11/h2-5H,1H3. The molecule has 0 aliphatic carbocycles. The predicted octanol–water partition coefficient (Wildman–Crippen LogP) is 3.74. The molecule has 4 heteroatoms. The van der Waals surface area contributed by atoms with E-state index in [0.29, 0.717) is 15.7 Å². The molecule has 15 heavy (non-hydrogen) atoms. The number of rotatable bonds is 1. The van der Waals surface area contributed by atoms with Crippen LogP contribution in [-0.2, 0) is 0 Å². The number of Topliss-reactive ketones (excluding diaryl/α,β-unsaturated/α-hetero) is 1.